The van der Waals surface area contributed by atoms with Crippen LogP contribution in [0.3, 0.4) is 0 Å². The van der Waals surface area contributed by atoms with Crippen molar-refractivity contribution in [3.8, 4) is 11.1 Å². The Morgan fingerprint density at radius 1 is 0.647 bits per heavy atom. The summed E-state index contributed by atoms with van der Waals surface area (Å²) in [7, 11) is -0.199. The van der Waals surface area contributed by atoms with E-state index >= 15 is 0 Å². The van der Waals surface area contributed by atoms with E-state index in [4.69, 9.17) is 9.31 Å². The summed E-state index contributed by atoms with van der Waals surface area (Å²) in [6.45, 7) is 6.00. The number of unbranched alkanes of at least 4 members (excludes halogenated alkanes) is 10. The highest BCUT2D eigenvalue weighted by Crippen LogP contribution is 2.53. The second kappa shape index (κ2) is 12.9. The molecule has 2 nitrogen and oxygen atoms in total. The molecular weight excluding hydrogens is 415 g/mol. The van der Waals surface area contributed by atoms with Crippen molar-refractivity contribution in [3.63, 3.8) is 0 Å². The molecule has 0 atom stereocenters. The van der Waals surface area contributed by atoms with Crippen LogP contribution in [0.4, 0.5) is 0 Å². The Labute approximate surface area is 209 Å². The van der Waals surface area contributed by atoms with Crippen molar-refractivity contribution in [2.45, 2.75) is 109 Å². The molecule has 2 aromatic carbocycles. The van der Waals surface area contributed by atoms with Crippen molar-refractivity contribution in [1.29, 1.82) is 0 Å². The fraction of sp³-hybridized carbons (Fsp3) is 0.613. The van der Waals surface area contributed by atoms with E-state index in [1.54, 1.807) is 5.56 Å². The SMILES string of the molecule is CCCCCCCCC1(CCCCCCCC)c2ccccc2-c2ccc(B3OCCO3)cc21. The molecule has 2 aliphatic rings. The molecule has 0 aromatic heterocycles. The molecule has 0 radical (unpaired) electrons. The van der Waals surface area contributed by atoms with Gasteiger partial charge in [0.05, 0.1) is 13.2 Å². The van der Waals surface area contributed by atoms with Gasteiger partial charge in [-0.1, -0.05) is 133 Å². The molecule has 0 bridgehead atoms. The average molecular weight is 461 g/mol. The van der Waals surface area contributed by atoms with E-state index in [2.05, 4.69) is 56.3 Å². The van der Waals surface area contributed by atoms with Crippen molar-refractivity contribution in [2.75, 3.05) is 13.2 Å². The summed E-state index contributed by atoms with van der Waals surface area (Å²) in [6.07, 6.45) is 18.7. The lowest BCUT2D eigenvalue weighted by Crippen LogP contribution is -2.34. The Hall–Kier alpha value is -1.58. The van der Waals surface area contributed by atoms with E-state index in [0.29, 0.717) is 13.2 Å². The Balaban J connectivity index is 1.60. The van der Waals surface area contributed by atoms with Gasteiger partial charge in [0.15, 0.2) is 0 Å². The van der Waals surface area contributed by atoms with Crippen LogP contribution in [-0.2, 0) is 14.7 Å². The molecule has 1 fully saturated rings. The molecule has 3 heteroatoms. The van der Waals surface area contributed by atoms with Crippen molar-refractivity contribution < 1.29 is 9.31 Å². The van der Waals surface area contributed by atoms with Crippen LogP contribution < -0.4 is 5.46 Å². The lowest BCUT2D eigenvalue weighted by atomic mass is 9.68. The highest BCUT2D eigenvalue weighted by molar-refractivity contribution is 6.61. The molecule has 0 N–H and O–H groups in total. The second-order valence-corrected chi connectivity index (χ2v) is 10.5. The van der Waals surface area contributed by atoms with E-state index in [9.17, 15) is 0 Å². The van der Waals surface area contributed by atoms with Crippen molar-refractivity contribution >= 4 is 12.6 Å². The number of hydrogen-bond acceptors (Lipinski definition) is 2. The fourth-order valence-electron chi connectivity index (χ4n) is 6.25. The van der Waals surface area contributed by atoms with E-state index in [0.717, 1.165) is 0 Å². The first-order valence-corrected chi connectivity index (χ1v) is 14.3. The molecule has 1 saturated heterocycles. The van der Waals surface area contributed by atoms with Gasteiger partial charge in [0.25, 0.3) is 0 Å². The van der Waals surface area contributed by atoms with E-state index < -0.39 is 0 Å². The summed E-state index contributed by atoms with van der Waals surface area (Å²) in [6, 6.07) is 16.3. The van der Waals surface area contributed by atoms with Gasteiger partial charge in [0, 0.05) is 5.41 Å². The van der Waals surface area contributed by atoms with E-state index in [-0.39, 0.29) is 12.5 Å². The minimum Gasteiger partial charge on any atom is -0.405 e. The topological polar surface area (TPSA) is 18.5 Å². The molecule has 34 heavy (non-hydrogen) atoms. The Morgan fingerprint density at radius 3 is 1.85 bits per heavy atom. The summed E-state index contributed by atoms with van der Waals surface area (Å²) in [5, 5.41) is 0. The van der Waals surface area contributed by atoms with Crippen LogP contribution in [-0.4, -0.2) is 20.3 Å². The molecule has 2 aromatic rings. The molecule has 0 spiro atoms. The van der Waals surface area contributed by atoms with Gasteiger partial charge < -0.3 is 9.31 Å². The summed E-state index contributed by atoms with van der Waals surface area (Å²) in [5.41, 5.74) is 7.32. The van der Waals surface area contributed by atoms with Crippen LogP contribution in [0, 0.1) is 0 Å². The molecule has 1 aliphatic heterocycles. The van der Waals surface area contributed by atoms with Crippen molar-refractivity contribution in [3.05, 3.63) is 53.6 Å². The predicted octanol–water partition coefficient (Wildman–Crippen LogP) is 8.20. The Morgan fingerprint density at radius 2 is 1.21 bits per heavy atom. The highest BCUT2D eigenvalue weighted by Gasteiger charge is 2.43. The second-order valence-electron chi connectivity index (χ2n) is 10.5. The number of rotatable bonds is 15. The minimum absolute atomic E-state index is 0.135. The van der Waals surface area contributed by atoms with Gasteiger partial charge in [-0.25, -0.2) is 0 Å². The van der Waals surface area contributed by atoms with Crippen molar-refractivity contribution in [2.24, 2.45) is 0 Å². The summed E-state index contributed by atoms with van der Waals surface area (Å²) in [4.78, 5) is 0. The Bertz CT molecular complexity index is 871. The van der Waals surface area contributed by atoms with Crippen LogP contribution in [0.1, 0.15) is 115 Å². The summed E-state index contributed by atoms with van der Waals surface area (Å²) in [5.74, 6) is 0. The maximum absolute atomic E-state index is 5.89. The molecule has 0 amide bonds. The summed E-state index contributed by atoms with van der Waals surface area (Å²) < 4.78 is 11.8. The molecule has 1 aliphatic carbocycles. The van der Waals surface area contributed by atoms with Gasteiger partial charge in [0.1, 0.15) is 0 Å². The third kappa shape index (κ3) is 5.79. The third-order valence-electron chi connectivity index (χ3n) is 8.10. The van der Waals surface area contributed by atoms with Gasteiger partial charge >= 0.3 is 7.12 Å². The maximum atomic E-state index is 5.89. The Kier molecular flexibility index (Phi) is 9.71. The summed E-state index contributed by atoms with van der Waals surface area (Å²) >= 11 is 0. The zero-order valence-electron chi connectivity index (χ0n) is 21.7. The molecular formula is C31H45BO2. The van der Waals surface area contributed by atoms with Gasteiger partial charge in [-0.05, 0) is 40.6 Å². The van der Waals surface area contributed by atoms with Gasteiger partial charge in [-0.15, -0.1) is 0 Å². The third-order valence-corrected chi connectivity index (χ3v) is 8.10. The largest absolute Gasteiger partial charge is 0.494 e. The van der Waals surface area contributed by atoms with E-state index in [1.807, 2.05) is 0 Å². The molecule has 0 saturated carbocycles. The average Bonchev–Trinajstić information content (AvgIpc) is 3.50. The lowest BCUT2D eigenvalue weighted by Gasteiger charge is -2.33. The first-order chi connectivity index (χ1) is 16.8. The van der Waals surface area contributed by atoms with E-state index in [1.165, 1.54) is 112 Å². The molecule has 4 rings (SSSR count). The van der Waals surface area contributed by atoms with Gasteiger partial charge in [-0.3, -0.25) is 0 Å². The number of fused-ring (bicyclic) bond motifs is 3. The normalized spacial score (nSPS) is 16.1. The lowest BCUT2D eigenvalue weighted by molar-refractivity contribution is 0.365. The smallest absolute Gasteiger partial charge is 0.405 e. The monoisotopic (exact) mass is 460 g/mol. The predicted molar refractivity (Wildman–Crippen MR) is 146 cm³/mol. The molecule has 0 unspecified atom stereocenters. The quantitative estimate of drug-likeness (QED) is 0.197. The number of hydrogen-bond donors (Lipinski definition) is 0. The van der Waals surface area contributed by atoms with Crippen LogP contribution in [0.5, 0.6) is 0 Å². The zero-order valence-corrected chi connectivity index (χ0v) is 21.7. The van der Waals surface area contributed by atoms with Gasteiger partial charge in [0.2, 0.25) is 0 Å². The van der Waals surface area contributed by atoms with Crippen molar-refractivity contribution in [1.82, 2.24) is 0 Å². The van der Waals surface area contributed by atoms with Crippen LogP contribution >= 0.6 is 0 Å². The molecule has 1 heterocycles. The van der Waals surface area contributed by atoms with Crippen LogP contribution in [0.2, 0.25) is 0 Å². The first kappa shape index (κ1) is 25.5. The first-order valence-electron chi connectivity index (χ1n) is 14.3. The highest BCUT2D eigenvalue weighted by atomic mass is 16.6. The zero-order chi connectivity index (χ0) is 23.6. The standard InChI is InChI=1S/C31H45BO2/c1-3-5-7-9-11-15-21-31(22-16-12-10-8-6-4-2)29-18-14-13-17-27(29)28-20-19-26(25-30(28)31)32-33-23-24-34-32/h13-14,17-20,25H,3-12,15-16,21-24H2,1-2H3. The molecule has 184 valence electrons. The van der Waals surface area contributed by atoms with Crippen LogP contribution in [0.25, 0.3) is 11.1 Å². The van der Waals surface area contributed by atoms with Gasteiger partial charge in [-0.2, -0.15) is 0 Å². The number of benzene rings is 2. The minimum atomic E-state index is -0.199. The fourth-order valence-corrected chi connectivity index (χ4v) is 6.25. The van der Waals surface area contributed by atoms with Crippen LogP contribution in [0.15, 0.2) is 42.5 Å². The maximum Gasteiger partial charge on any atom is 0.494 e.